The number of ketones is 1. The average Bonchev–Trinajstić information content (AvgIpc) is 2.85. The van der Waals surface area contributed by atoms with Crippen LogP contribution < -0.4 is 0 Å². The van der Waals surface area contributed by atoms with Crippen LogP contribution in [0.3, 0.4) is 0 Å². The fraction of sp³-hybridized carbons (Fsp3) is 0.900. The van der Waals surface area contributed by atoms with Crippen LogP contribution >= 0.6 is 0 Å². The topological polar surface area (TPSA) is 57.5 Å². The summed E-state index contributed by atoms with van der Waals surface area (Å²) in [6, 6.07) is 0. The molecule has 0 spiro atoms. The lowest BCUT2D eigenvalue weighted by atomic mass is 9.42. The van der Waals surface area contributed by atoms with E-state index in [0.29, 0.717) is 30.0 Å². The summed E-state index contributed by atoms with van der Waals surface area (Å²) in [6.45, 7) is 16.3. The monoisotopic (exact) mass is 456 g/mol. The molecule has 0 radical (unpaired) electrons. The molecule has 5 rings (SSSR count). The van der Waals surface area contributed by atoms with Gasteiger partial charge in [0.15, 0.2) is 0 Å². The van der Waals surface area contributed by atoms with Gasteiger partial charge >= 0.3 is 0 Å². The molecule has 5 aliphatic rings. The normalized spacial score (nSPS) is 53.0. The zero-order chi connectivity index (χ0) is 24.2. The fourth-order valence-corrected chi connectivity index (χ4v) is 10.8. The largest absolute Gasteiger partial charge is 0.393 e. The first-order chi connectivity index (χ1) is 15.2. The Bertz CT molecular complexity index is 870. The molecule has 0 amide bonds. The van der Waals surface area contributed by atoms with Crippen molar-refractivity contribution in [3.63, 3.8) is 0 Å². The second-order valence-corrected chi connectivity index (χ2v) is 14.8. The van der Waals surface area contributed by atoms with Crippen LogP contribution in [0.25, 0.3) is 0 Å². The fourth-order valence-electron chi connectivity index (χ4n) is 10.8. The predicted octanol–water partition coefficient (Wildman–Crippen LogP) is 6.32. The first-order valence-corrected chi connectivity index (χ1v) is 13.8. The molecule has 0 aromatic heterocycles. The smallest absolute Gasteiger partial charge is 0.141 e. The highest BCUT2D eigenvalue weighted by Gasteiger charge is 2.63. The number of fused-ring (bicyclic) bond motifs is 6. The number of Topliss-reactive ketones (excluding diaryl/α,β-unsaturated/α-hetero) is 1. The Balaban J connectivity index is 1.55. The van der Waals surface area contributed by atoms with Crippen molar-refractivity contribution in [2.45, 2.75) is 118 Å². The van der Waals surface area contributed by atoms with Crippen LogP contribution in [0.2, 0.25) is 0 Å². The van der Waals surface area contributed by atoms with E-state index in [9.17, 15) is 15.0 Å². The highest BCUT2D eigenvalue weighted by Crippen LogP contribution is 2.69. The molecule has 3 heteroatoms. The van der Waals surface area contributed by atoms with Crippen molar-refractivity contribution in [1.82, 2.24) is 0 Å². The van der Waals surface area contributed by atoms with Gasteiger partial charge in [0.25, 0.3) is 0 Å². The maximum Gasteiger partial charge on any atom is 0.141 e. The minimum Gasteiger partial charge on any atom is -0.393 e. The molecule has 4 fully saturated rings. The van der Waals surface area contributed by atoms with Crippen LogP contribution in [-0.4, -0.2) is 28.2 Å². The first kappa shape index (κ1) is 24.0. The lowest BCUT2D eigenvalue weighted by molar-refractivity contribution is -0.165. The molecule has 33 heavy (non-hydrogen) atoms. The van der Waals surface area contributed by atoms with E-state index >= 15 is 0 Å². The first-order valence-electron chi connectivity index (χ1n) is 13.8. The van der Waals surface area contributed by atoms with Crippen molar-refractivity contribution >= 4 is 5.78 Å². The van der Waals surface area contributed by atoms with Crippen molar-refractivity contribution in [3.8, 4) is 0 Å². The number of rotatable bonds is 0. The predicted molar refractivity (Wildman–Crippen MR) is 132 cm³/mol. The third-order valence-electron chi connectivity index (χ3n) is 12.5. The summed E-state index contributed by atoms with van der Waals surface area (Å²) in [5.74, 6) is 1.94. The molecular weight excluding hydrogens is 408 g/mol. The number of hydrogen-bond donors (Lipinski definition) is 2. The van der Waals surface area contributed by atoms with Gasteiger partial charge in [0.2, 0.25) is 0 Å². The van der Waals surface area contributed by atoms with Gasteiger partial charge in [0, 0.05) is 17.8 Å². The molecule has 0 aliphatic heterocycles. The third-order valence-corrected chi connectivity index (χ3v) is 12.5. The molecule has 9 atom stereocenters. The maximum absolute atomic E-state index is 13.7. The van der Waals surface area contributed by atoms with Gasteiger partial charge in [-0.3, -0.25) is 4.79 Å². The van der Waals surface area contributed by atoms with E-state index in [0.717, 1.165) is 25.7 Å². The van der Waals surface area contributed by atoms with Crippen LogP contribution in [0.4, 0.5) is 0 Å². The molecule has 2 N–H and O–H groups in total. The Morgan fingerprint density at radius 1 is 0.727 bits per heavy atom. The van der Waals surface area contributed by atoms with Crippen molar-refractivity contribution in [2.75, 3.05) is 0 Å². The number of aliphatic hydroxyl groups excluding tert-OH is 2. The number of allylic oxidation sites excluding steroid dienone is 2. The Kier molecular flexibility index (Phi) is 5.24. The van der Waals surface area contributed by atoms with E-state index in [1.807, 2.05) is 0 Å². The summed E-state index contributed by atoms with van der Waals surface area (Å²) in [6.07, 6.45) is 11.2. The van der Waals surface area contributed by atoms with Crippen LogP contribution in [0.15, 0.2) is 11.6 Å². The molecule has 0 unspecified atom stereocenters. The van der Waals surface area contributed by atoms with Crippen molar-refractivity contribution in [1.29, 1.82) is 0 Å². The number of hydrogen-bond acceptors (Lipinski definition) is 3. The minimum absolute atomic E-state index is 0.0306. The lowest BCUT2D eigenvalue weighted by Gasteiger charge is -2.63. The second kappa shape index (κ2) is 7.19. The summed E-state index contributed by atoms with van der Waals surface area (Å²) < 4.78 is 0. The molecule has 0 aromatic rings. The van der Waals surface area contributed by atoms with Gasteiger partial charge in [-0.1, -0.05) is 60.1 Å². The summed E-state index contributed by atoms with van der Waals surface area (Å²) in [4.78, 5) is 13.7. The summed E-state index contributed by atoms with van der Waals surface area (Å²) in [7, 11) is 0. The Morgan fingerprint density at radius 3 is 2.00 bits per heavy atom. The third kappa shape index (κ3) is 3.09. The second-order valence-electron chi connectivity index (χ2n) is 14.8. The average molecular weight is 457 g/mol. The van der Waals surface area contributed by atoms with Gasteiger partial charge in [-0.15, -0.1) is 0 Å². The molecule has 4 saturated carbocycles. The molecule has 0 aromatic carbocycles. The van der Waals surface area contributed by atoms with Crippen LogP contribution in [-0.2, 0) is 4.79 Å². The van der Waals surface area contributed by atoms with Gasteiger partial charge in [-0.2, -0.15) is 0 Å². The number of carbonyl (C=O) groups is 1. The van der Waals surface area contributed by atoms with Gasteiger partial charge in [0.1, 0.15) is 5.78 Å². The molecule has 5 aliphatic carbocycles. The zero-order valence-electron chi connectivity index (χ0n) is 22.2. The number of carbonyl (C=O) groups excluding carboxylic acids is 1. The quantitative estimate of drug-likeness (QED) is 0.419. The zero-order valence-corrected chi connectivity index (χ0v) is 22.2. The molecular formula is C30H48O3. The van der Waals surface area contributed by atoms with Gasteiger partial charge < -0.3 is 10.2 Å². The van der Waals surface area contributed by atoms with E-state index < -0.39 is 0 Å². The Morgan fingerprint density at radius 2 is 1.33 bits per heavy atom. The Labute approximate surface area is 201 Å². The van der Waals surface area contributed by atoms with Crippen LogP contribution in [0, 0.1) is 50.7 Å². The molecule has 0 heterocycles. The van der Waals surface area contributed by atoms with Crippen molar-refractivity contribution in [2.24, 2.45) is 50.7 Å². The lowest BCUT2D eigenvalue weighted by Crippen LogP contribution is -2.58. The van der Waals surface area contributed by atoms with Gasteiger partial charge in [-0.25, -0.2) is 0 Å². The number of aliphatic hydroxyl groups is 2. The van der Waals surface area contributed by atoms with Crippen LogP contribution in [0.5, 0.6) is 0 Å². The van der Waals surface area contributed by atoms with Crippen molar-refractivity contribution < 1.29 is 15.0 Å². The van der Waals surface area contributed by atoms with E-state index in [2.05, 4.69) is 54.5 Å². The highest BCUT2D eigenvalue weighted by atomic mass is 16.3. The molecule has 0 saturated heterocycles. The summed E-state index contributed by atoms with van der Waals surface area (Å²) >= 11 is 0. The van der Waals surface area contributed by atoms with Gasteiger partial charge in [0.05, 0.1) is 12.2 Å². The van der Waals surface area contributed by atoms with E-state index in [-0.39, 0.29) is 45.2 Å². The molecule has 186 valence electrons. The van der Waals surface area contributed by atoms with E-state index in [1.54, 1.807) is 0 Å². The minimum atomic E-state index is -0.383. The van der Waals surface area contributed by atoms with Crippen LogP contribution in [0.1, 0.15) is 106 Å². The molecule has 0 bridgehead atoms. The standard InChI is InChI=1S/C30H48O3/c1-26(2)21-10-13-28(5)17-18-16-20(31)25-27(3,4)24(33)11-14-29(25,6)19(18)8-9-22(28)30(21,7)15-12-23(26)32/h17,19,21-25,32-33H,8-16H2,1-7H3/t19-,21-,22-,23-,24+,25-,28-,29+,30-/m0/s1. The van der Waals surface area contributed by atoms with E-state index in [4.69, 9.17) is 0 Å². The Hall–Kier alpha value is -0.670. The van der Waals surface area contributed by atoms with E-state index in [1.165, 1.54) is 31.3 Å². The highest BCUT2D eigenvalue weighted by molar-refractivity contribution is 5.87. The summed E-state index contributed by atoms with van der Waals surface area (Å²) in [5, 5.41) is 21.7. The van der Waals surface area contributed by atoms with Crippen molar-refractivity contribution in [3.05, 3.63) is 11.6 Å². The SMILES string of the molecule is CC1(C)[C@@H](O)CC[C@]2(C)[C@H]3CC[C@H]4C(=C[C@]3(C)CC[C@@H]12)CC(=O)[C@H]1C(C)(C)[C@H](O)CC[C@]41C. The van der Waals surface area contributed by atoms with Gasteiger partial charge in [-0.05, 0) is 90.8 Å². The summed E-state index contributed by atoms with van der Waals surface area (Å²) in [5.41, 5.74) is 1.38. The molecule has 3 nitrogen and oxygen atoms in total. The maximum atomic E-state index is 13.7.